The molecule has 0 aliphatic rings. The van der Waals surface area contributed by atoms with Gasteiger partial charge in [-0.1, -0.05) is 42.1 Å². The van der Waals surface area contributed by atoms with Crippen LogP contribution in [0.1, 0.15) is 16.8 Å². The van der Waals surface area contributed by atoms with E-state index in [2.05, 4.69) is 0 Å². The lowest BCUT2D eigenvalue weighted by Crippen LogP contribution is -2.43. The molecule has 0 aromatic heterocycles. The zero-order chi connectivity index (χ0) is 16.0. The Hall–Kier alpha value is -1.18. The summed E-state index contributed by atoms with van der Waals surface area (Å²) in [6, 6.07) is 7.90. The number of hydrogen-bond donors (Lipinski definition) is 0. The number of carbonyl (C=O) groups excluding carboxylic acids is 1. The lowest BCUT2D eigenvalue weighted by atomic mass is 10.1. The van der Waals surface area contributed by atoms with Crippen molar-refractivity contribution >= 4 is 16.9 Å². The van der Waals surface area contributed by atoms with Gasteiger partial charge in [0.15, 0.2) is 0 Å². The van der Waals surface area contributed by atoms with Crippen molar-refractivity contribution in [3.63, 3.8) is 0 Å². The quantitative estimate of drug-likeness (QED) is 0.684. The maximum Gasteiger partial charge on any atom is 0.340 e. The highest BCUT2D eigenvalue weighted by Gasteiger charge is 2.53. The molecule has 1 rings (SSSR count). The lowest BCUT2D eigenvalue weighted by molar-refractivity contribution is -0.184. The number of benzene rings is 1. The molecule has 0 saturated heterocycles. The van der Waals surface area contributed by atoms with Crippen molar-refractivity contribution in [1.82, 2.24) is 0 Å². The van der Waals surface area contributed by atoms with Crippen LogP contribution in [0.5, 0.6) is 0 Å². The number of alkyl halides is 6. The summed E-state index contributed by atoms with van der Waals surface area (Å²) in [5, 5.41) is -0.432. The first-order valence-electron chi connectivity index (χ1n) is 5.93. The Morgan fingerprint density at radius 2 is 1.67 bits per heavy atom. The third-order valence-corrected chi connectivity index (χ3v) is 3.55. The van der Waals surface area contributed by atoms with Crippen LogP contribution < -0.4 is 0 Å². The average molecular weight is 330 g/mol. The molecular weight excluding hydrogens is 318 g/mol. The van der Waals surface area contributed by atoms with Gasteiger partial charge in [0.1, 0.15) is 6.17 Å². The van der Waals surface area contributed by atoms with Crippen LogP contribution in [-0.2, 0) is 0 Å². The van der Waals surface area contributed by atoms with E-state index in [0.717, 1.165) is 0 Å². The van der Waals surface area contributed by atoms with Gasteiger partial charge in [-0.25, -0.2) is 17.6 Å². The summed E-state index contributed by atoms with van der Waals surface area (Å²) in [5.41, 5.74) is 0.326. The molecular formula is C13H12F6OS. The van der Waals surface area contributed by atoms with Gasteiger partial charge < -0.3 is 0 Å². The summed E-state index contributed by atoms with van der Waals surface area (Å²) in [4.78, 5) is 11.6. The molecule has 0 radical (unpaired) electrons. The van der Waals surface area contributed by atoms with E-state index in [1.165, 1.54) is 12.1 Å². The highest BCUT2D eigenvalue weighted by molar-refractivity contribution is 8.14. The van der Waals surface area contributed by atoms with Crippen molar-refractivity contribution in [2.45, 2.75) is 31.1 Å². The molecule has 0 amide bonds. The molecule has 8 heteroatoms. The molecule has 2 atom stereocenters. The minimum atomic E-state index is -5.03. The number of rotatable bonds is 7. The summed E-state index contributed by atoms with van der Waals surface area (Å²) >= 11 is 0.616. The Labute approximate surface area is 121 Å². The van der Waals surface area contributed by atoms with Crippen molar-refractivity contribution in [2.75, 3.05) is 5.75 Å². The van der Waals surface area contributed by atoms with Crippen LogP contribution in [0.15, 0.2) is 30.3 Å². The zero-order valence-corrected chi connectivity index (χ0v) is 11.4. The molecule has 118 valence electrons. The van der Waals surface area contributed by atoms with Gasteiger partial charge in [0.2, 0.25) is 11.3 Å². The third-order valence-electron chi connectivity index (χ3n) is 2.61. The van der Waals surface area contributed by atoms with E-state index >= 15 is 0 Å². The second-order valence-electron chi connectivity index (χ2n) is 4.18. The van der Waals surface area contributed by atoms with Gasteiger partial charge in [-0.2, -0.15) is 8.78 Å². The zero-order valence-electron chi connectivity index (χ0n) is 10.6. The van der Waals surface area contributed by atoms with Gasteiger partial charge in [0, 0.05) is 11.3 Å². The lowest BCUT2D eigenvalue weighted by Gasteiger charge is -2.22. The molecule has 0 bridgehead atoms. The Bertz CT molecular complexity index is 453. The smallest absolute Gasteiger partial charge is 0.282 e. The van der Waals surface area contributed by atoms with Crippen molar-refractivity contribution in [1.29, 1.82) is 0 Å². The number of hydrogen-bond acceptors (Lipinski definition) is 2. The molecule has 0 fully saturated rings. The van der Waals surface area contributed by atoms with E-state index in [0.29, 0.717) is 17.3 Å². The third kappa shape index (κ3) is 4.94. The fraction of sp³-hybridized carbons (Fsp3) is 0.462. The fourth-order valence-electron chi connectivity index (χ4n) is 1.43. The second-order valence-corrected chi connectivity index (χ2v) is 5.25. The average Bonchev–Trinajstić information content (AvgIpc) is 2.46. The highest BCUT2D eigenvalue weighted by atomic mass is 32.2. The summed E-state index contributed by atoms with van der Waals surface area (Å²) in [5.74, 6) is -5.32. The monoisotopic (exact) mass is 330 g/mol. The Morgan fingerprint density at radius 3 is 2.19 bits per heavy atom. The van der Waals surface area contributed by atoms with Crippen LogP contribution in [0.25, 0.3) is 0 Å². The largest absolute Gasteiger partial charge is 0.340 e. The van der Waals surface area contributed by atoms with E-state index < -0.39 is 36.2 Å². The summed E-state index contributed by atoms with van der Waals surface area (Å²) in [7, 11) is 0. The van der Waals surface area contributed by atoms with Crippen LogP contribution in [0.3, 0.4) is 0 Å². The Balaban J connectivity index is 2.44. The predicted molar refractivity (Wildman–Crippen MR) is 68.6 cm³/mol. The Morgan fingerprint density at radius 1 is 1.10 bits per heavy atom. The van der Waals surface area contributed by atoms with Gasteiger partial charge in [-0.15, -0.1) is 0 Å². The molecule has 0 spiro atoms. The normalized spacial score (nSPS) is 15.0. The highest BCUT2D eigenvalue weighted by Crippen LogP contribution is 2.33. The van der Waals surface area contributed by atoms with E-state index in [4.69, 9.17) is 0 Å². The van der Waals surface area contributed by atoms with E-state index in [9.17, 15) is 31.1 Å². The van der Waals surface area contributed by atoms with Crippen LogP contribution in [0.2, 0.25) is 0 Å². The van der Waals surface area contributed by atoms with E-state index in [1.807, 2.05) is 0 Å². The summed E-state index contributed by atoms with van der Waals surface area (Å²) < 4.78 is 75.1. The van der Waals surface area contributed by atoms with Crippen molar-refractivity contribution in [3.05, 3.63) is 35.9 Å². The van der Waals surface area contributed by atoms with Crippen LogP contribution in [-0.4, -0.2) is 35.6 Å². The van der Waals surface area contributed by atoms with Crippen molar-refractivity contribution < 1.29 is 31.1 Å². The molecule has 1 nitrogen and oxygen atoms in total. The minimum Gasteiger partial charge on any atom is -0.282 e. The SMILES string of the molecule is O=C(SCCC(F)C(F)C(F)(F)C(F)F)c1ccccc1. The number of carbonyl (C=O) groups is 1. The Kier molecular flexibility index (Phi) is 6.57. The maximum absolute atomic E-state index is 13.2. The molecule has 0 aliphatic heterocycles. The van der Waals surface area contributed by atoms with Gasteiger partial charge in [-0.3, -0.25) is 4.79 Å². The summed E-state index contributed by atoms with van der Waals surface area (Å²) in [6.45, 7) is 0. The van der Waals surface area contributed by atoms with E-state index in [-0.39, 0.29) is 5.75 Å². The van der Waals surface area contributed by atoms with Gasteiger partial charge in [-0.05, 0) is 6.42 Å². The van der Waals surface area contributed by atoms with Crippen molar-refractivity contribution in [3.8, 4) is 0 Å². The van der Waals surface area contributed by atoms with Gasteiger partial charge >= 0.3 is 12.3 Å². The standard InChI is InChI=1S/C13H12F6OS/c14-9(10(15)13(18,19)12(16)17)6-7-21-11(20)8-4-2-1-3-5-8/h1-5,9-10,12H,6-7H2. The van der Waals surface area contributed by atoms with Crippen molar-refractivity contribution in [2.24, 2.45) is 0 Å². The molecule has 0 N–H and O–H groups in total. The van der Waals surface area contributed by atoms with Crippen LogP contribution in [0.4, 0.5) is 26.3 Å². The van der Waals surface area contributed by atoms with Crippen LogP contribution in [0, 0.1) is 0 Å². The fourth-order valence-corrected chi connectivity index (χ4v) is 2.26. The molecule has 1 aromatic rings. The minimum absolute atomic E-state index is 0.283. The first kappa shape index (κ1) is 17.9. The van der Waals surface area contributed by atoms with Gasteiger partial charge in [0.05, 0.1) is 0 Å². The molecule has 2 unspecified atom stereocenters. The van der Waals surface area contributed by atoms with Crippen LogP contribution >= 0.6 is 11.8 Å². The molecule has 1 aromatic carbocycles. The first-order valence-corrected chi connectivity index (χ1v) is 6.91. The van der Waals surface area contributed by atoms with E-state index in [1.54, 1.807) is 18.2 Å². The first-order chi connectivity index (χ1) is 9.76. The molecule has 21 heavy (non-hydrogen) atoms. The number of thioether (sulfide) groups is 1. The number of halogens is 6. The molecule has 0 heterocycles. The topological polar surface area (TPSA) is 17.1 Å². The molecule has 0 saturated carbocycles. The predicted octanol–water partition coefficient (Wildman–Crippen LogP) is 4.53. The summed E-state index contributed by atoms with van der Waals surface area (Å²) in [6.07, 6.45) is -11.4. The van der Waals surface area contributed by atoms with Gasteiger partial charge in [0.25, 0.3) is 0 Å². The maximum atomic E-state index is 13.2. The second kappa shape index (κ2) is 7.72. The molecule has 0 aliphatic carbocycles.